The van der Waals surface area contributed by atoms with Crippen LogP contribution in [0, 0.1) is 0 Å². The number of amides is 1. The molecule has 1 N–H and O–H groups in total. The number of carbonyl (C=O) groups excluding carboxylic acids is 1. The fraction of sp³-hybridized carbons (Fsp3) is 0.588. The summed E-state index contributed by atoms with van der Waals surface area (Å²) in [7, 11) is 0. The molecule has 1 amide bonds. The van der Waals surface area contributed by atoms with Gasteiger partial charge in [-0.15, -0.1) is 0 Å². The second-order valence-corrected chi connectivity index (χ2v) is 6.03. The van der Waals surface area contributed by atoms with Gasteiger partial charge in [-0.05, 0) is 58.2 Å². The van der Waals surface area contributed by atoms with Gasteiger partial charge in [0.15, 0.2) is 0 Å². The van der Waals surface area contributed by atoms with Crippen molar-refractivity contribution in [1.82, 2.24) is 5.32 Å². The predicted octanol–water partition coefficient (Wildman–Crippen LogP) is 3.93. The van der Waals surface area contributed by atoms with Crippen molar-refractivity contribution in [2.24, 2.45) is 0 Å². The van der Waals surface area contributed by atoms with Crippen molar-refractivity contribution in [1.29, 1.82) is 0 Å². The Morgan fingerprint density at radius 1 is 1.19 bits per heavy atom. The Hall–Kier alpha value is -1.71. The Labute approximate surface area is 127 Å². The molecule has 0 aliphatic heterocycles. The molecule has 1 atom stereocenters. The predicted molar refractivity (Wildman–Crippen MR) is 84.8 cm³/mol. The maximum Gasteiger partial charge on any atom is 0.407 e. The largest absolute Gasteiger partial charge is 0.494 e. The molecule has 0 radical (unpaired) electrons. The van der Waals surface area contributed by atoms with Gasteiger partial charge >= 0.3 is 6.09 Å². The molecule has 0 aliphatic carbocycles. The first-order valence-corrected chi connectivity index (χ1v) is 7.55. The number of carbonyl (C=O) groups is 1. The molecule has 0 fully saturated rings. The number of hydrogen-bond donors (Lipinski definition) is 1. The third-order valence-corrected chi connectivity index (χ3v) is 2.93. The van der Waals surface area contributed by atoms with Gasteiger partial charge in [0, 0.05) is 6.04 Å². The Kier molecular flexibility index (Phi) is 6.53. The normalized spacial score (nSPS) is 12.6. The van der Waals surface area contributed by atoms with Crippen molar-refractivity contribution in [2.75, 3.05) is 6.61 Å². The molecule has 4 nitrogen and oxygen atoms in total. The van der Waals surface area contributed by atoms with Gasteiger partial charge in [-0.25, -0.2) is 4.79 Å². The second kappa shape index (κ2) is 7.91. The minimum Gasteiger partial charge on any atom is -0.494 e. The molecule has 0 bridgehead atoms. The molecule has 1 aromatic rings. The Morgan fingerprint density at radius 2 is 1.81 bits per heavy atom. The van der Waals surface area contributed by atoms with E-state index >= 15 is 0 Å². The average molecular weight is 293 g/mol. The van der Waals surface area contributed by atoms with Gasteiger partial charge in [0.05, 0.1) is 6.61 Å². The second-order valence-electron chi connectivity index (χ2n) is 6.03. The van der Waals surface area contributed by atoms with E-state index in [0.29, 0.717) is 6.61 Å². The topological polar surface area (TPSA) is 47.6 Å². The molecule has 0 saturated heterocycles. The fourth-order valence-electron chi connectivity index (χ4n) is 1.94. The summed E-state index contributed by atoms with van der Waals surface area (Å²) >= 11 is 0. The monoisotopic (exact) mass is 293 g/mol. The molecule has 0 aromatic heterocycles. The number of alkyl carbamates (subject to hydrolysis) is 1. The van der Waals surface area contributed by atoms with Crippen LogP contribution in [0.2, 0.25) is 0 Å². The number of ether oxygens (including phenoxy) is 2. The third-order valence-electron chi connectivity index (χ3n) is 2.93. The van der Waals surface area contributed by atoms with Crippen molar-refractivity contribution in [2.45, 2.75) is 59.1 Å². The Morgan fingerprint density at radius 3 is 2.29 bits per heavy atom. The van der Waals surface area contributed by atoms with E-state index in [0.717, 1.165) is 18.6 Å². The molecular weight excluding hydrogens is 266 g/mol. The molecule has 1 rings (SSSR count). The summed E-state index contributed by atoms with van der Waals surface area (Å²) in [6.07, 6.45) is 1.27. The minimum atomic E-state index is -0.471. The van der Waals surface area contributed by atoms with Crippen LogP contribution in [0.15, 0.2) is 24.3 Å². The lowest BCUT2D eigenvalue weighted by Gasteiger charge is -2.23. The van der Waals surface area contributed by atoms with E-state index in [9.17, 15) is 4.79 Å². The van der Waals surface area contributed by atoms with Gasteiger partial charge in [-0.3, -0.25) is 0 Å². The summed E-state index contributed by atoms with van der Waals surface area (Å²) in [6, 6.07) is 8.05. The molecule has 0 saturated carbocycles. The van der Waals surface area contributed by atoms with Gasteiger partial charge in [-0.2, -0.15) is 0 Å². The zero-order valence-corrected chi connectivity index (χ0v) is 13.7. The van der Waals surface area contributed by atoms with Crippen molar-refractivity contribution in [3.05, 3.63) is 29.8 Å². The SMILES string of the molecule is CCOc1ccc(C[C@H](CC)NC(=O)OC(C)(C)C)cc1. The van der Waals surface area contributed by atoms with Crippen molar-refractivity contribution >= 4 is 6.09 Å². The molecule has 0 heterocycles. The van der Waals surface area contributed by atoms with Gasteiger partial charge in [0.25, 0.3) is 0 Å². The van der Waals surface area contributed by atoms with Crippen LogP contribution < -0.4 is 10.1 Å². The lowest BCUT2D eigenvalue weighted by Crippen LogP contribution is -2.39. The number of rotatable bonds is 6. The van der Waals surface area contributed by atoms with E-state index in [1.165, 1.54) is 5.56 Å². The zero-order valence-electron chi connectivity index (χ0n) is 13.7. The van der Waals surface area contributed by atoms with Crippen LogP contribution in [0.3, 0.4) is 0 Å². The highest BCUT2D eigenvalue weighted by Crippen LogP contribution is 2.14. The summed E-state index contributed by atoms with van der Waals surface area (Å²) in [5.74, 6) is 0.870. The van der Waals surface area contributed by atoms with Crippen molar-refractivity contribution in [3.8, 4) is 5.75 Å². The van der Waals surface area contributed by atoms with E-state index in [1.807, 2.05) is 52.0 Å². The van der Waals surface area contributed by atoms with Crippen molar-refractivity contribution < 1.29 is 14.3 Å². The highest BCUT2D eigenvalue weighted by Gasteiger charge is 2.18. The van der Waals surface area contributed by atoms with Gasteiger partial charge < -0.3 is 14.8 Å². The summed E-state index contributed by atoms with van der Waals surface area (Å²) in [5, 5.41) is 2.92. The lowest BCUT2D eigenvalue weighted by molar-refractivity contribution is 0.0503. The first-order valence-electron chi connectivity index (χ1n) is 7.55. The molecule has 1 aromatic carbocycles. The van der Waals surface area contributed by atoms with Crippen LogP contribution in [0.4, 0.5) is 4.79 Å². The minimum absolute atomic E-state index is 0.0674. The summed E-state index contributed by atoms with van der Waals surface area (Å²) in [4.78, 5) is 11.8. The highest BCUT2D eigenvalue weighted by molar-refractivity contribution is 5.68. The quantitative estimate of drug-likeness (QED) is 0.864. The van der Waals surface area contributed by atoms with E-state index in [1.54, 1.807) is 0 Å². The van der Waals surface area contributed by atoms with Gasteiger partial charge in [0.2, 0.25) is 0 Å². The van der Waals surface area contributed by atoms with Crippen LogP contribution in [0.25, 0.3) is 0 Å². The molecule has 118 valence electrons. The Bertz CT molecular complexity index is 434. The molecule has 4 heteroatoms. The third kappa shape index (κ3) is 7.02. The van der Waals surface area contributed by atoms with E-state index < -0.39 is 5.60 Å². The molecule has 0 unspecified atom stereocenters. The molecular formula is C17H27NO3. The number of hydrogen-bond acceptors (Lipinski definition) is 3. The van der Waals surface area contributed by atoms with Gasteiger partial charge in [-0.1, -0.05) is 19.1 Å². The summed E-state index contributed by atoms with van der Waals surface area (Å²) < 4.78 is 10.7. The molecule has 0 aliphatic rings. The maximum atomic E-state index is 11.8. The van der Waals surface area contributed by atoms with E-state index in [-0.39, 0.29) is 12.1 Å². The smallest absolute Gasteiger partial charge is 0.407 e. The first-order chi connectivity index (χ1) is 9.84. The van der Waals surface area contributed by atoms with E-state index in [2.05, 4.69) is 12.2 Å². The maximum absolute atomic E-state index is 11.8. The number of benzene rings is 1. The van der Waals surface area contributed by atoms with Crippen LogP contribution in [0.5, 0.6) is 5.75 Å². The summed E-state index contributed by atoms with van der Waals surface area (Å²) in [6.45, 7) is 10.3. The van der Waals surface area contributed by atoms with Crippen LogP contribution in [0.1, 0.15) is 46.6 Å². The lowest BCUT2D eigenvalue weighted by atomic mass is 10.0. The first kappa shape index (κ1) is 17.3. The fourth-order valence-corrected chi connectivity index (χ4v) is 1.94. The van der Waals surface area contributed by atoms with Crippen LogP contribution >= 0.6 is 0 Å². The highest BCUT2D eigenvalue weighted by atomic mass is 16.6. The standard InChI is InChI=1S/C17H27NO3/c1-6-14(18-16(19)21-17(3,4)5)12-13-8-10-15(11-9-13)20-7-2/h8-11,14H,6-7,12H2,1-5H3,(H,18,19)/t14-/m0/s1. The molecule has 21 heavy (non-hydrogen) atoms. The average Bonchev–Trinajstić information content (AvgIpc) is 2.38. The van der Waals surface area contributed by atoms with E-state index in [4.69, 9.17) is 9.47 Å². The molecule has 0 spiro atoms. The number of nitrogens with one attached hydrogen (secondary N) is 1. The van der Waals surface area contributed by atoms with Gasteiger partial charge in [0.1, 0.15) is 11.4 Å². The van der Waals surface area contributed by atoms with Crippen molar-refractivity contribution in [3.63, 3.8) is 0 Å². The zero-order chi connectivity index (χ0) is 15.9. The van der Waals surface area contributed by atoms with Crippen LogP contribution in [-0.4, -0.2) is 24.3 Å². The Balaban J connectivity index is 2.55. The van der Waals surface area contributed by atoms with Crippen LogP contribution in [-0.2, 0) is 11.2 Å². The summed E-state index contributed by atoms with van der Waals surface area (Å²) in [5.41, 5.74) is 0.697.